The zero-order valence-corrected chi connectivity index (χ0v) is 26.8. The van der Waals surface area contributed by atoms with Gasteiger partial charge in [0.1, 0.15) is 12.6 Å². The maximum absolute atomic E-state index is 14.3. The van der Waals surface area contributed by atoms with Gasteiger partial charge in [-0.25, -0.2) is 4.79 Å². The summed E-state index contributed by atoms with van der Waals surface area (Å²) in [6, 6.07) is 18.1. The van der Waals surface area contributed by atoms with E-state index in [0.29, 0.717) is 32.5 Å². The van der Waals surface area contributed by atoms with Crippen molar-refractivity contribution >= 4 is 17.9 Å². The van der Waals surface area contributed by atoms with Gasteiger partial charge in [0, 0.05) is 38.2 Å². The molecule has 2 aliphatic heterocycles. The molecule has 11 heteroatoms. The molecule has 2 aromatic carbocycles. The minimum Gasteiger partial charge on any atom is -0.445 e. The third-order valence-corrected chi connectivity index (χ3v) is 8.92. The molecule has 5 unspecified atom stereocenters. The largest absolute Gasteiger partial charge is 0.445 e. The number of nitrogens with one attached hydrogen (secondary N) is 2. The molecule has 2 N–H and O–H groups in total. The van der Waals surface area contributed by atoms with Gasteiger partial charge in [0.25, 0.3) is 0 Å². The van der Waals surface area contributed by atoms with Crippen molar-refractivity contribution in [1.82, 2.24) is 35.4 Å². The molecule has 2 fully saturated rings. The Morgan fingerprint density at radius 2 is 1.67 bits per heavy atom. The molecule has 1 aromatic heterocycles. The van der Waals surface area contributed by atoms with Crippen molar-refractivity contribution in [3.8, 4) is 0 Å². The zero-order chi connectivity index (χ0) is 32.1. The normalized spacial score (nSPS) is 20.9. The smallest absolute Gasteiger partial charge is 0.410 e. The van der Waals surface area contributed by atoms with E-state index in [2.05, 4.69) is 33.1 Å². The average molecular weight is 616 g/mol. The summed E-state index contributed by atoms with van der Waals surface area (Å²) in [5, 5.41) is 14.8. The van der Waals surface area contributed by atoms with Gasteiger partial charge in [-0.1, -0.05) is 86.6 Å². The van der Waals surface area contributed by atoms with Crippen LogP contribution in [-0.4, -0.2) is 87.0 Å². The van der Waals surface area contributed by atoms with Crippen molar-refractivity contribution in [2.24, 2.45) is 11.3 Å². The molecule has 5 rings (SSSR count). The summed E-state index contributed by atoms with van der Waals surface area (Å²) < 4.78 is 7.58. The van der Waals surface area contributed by atoms with Crippen molar-refractivity contribution in [2.75, 3.05) is 20.1 Å². The quantitative estimate of drug-likeness (QED) is 0.359. The van der Waals surface area contributed by atoms with Crippen LogP contribution in [0.3, 0.4) is 0 Å². The zero-order valence-electron chi connectivity index (χ0n) is 26.8. The molecule has 0 saturated carbocycles. The van der Waals surface area contributed by atoms with Gasteiger partial charge in [-0.2, -0.15) is 0 Å². The third kappa shape index (κ3) is 7.53. The van der Waals surface area contributed by atoms with Gasteiger partial charge in [-0.3, -0.25) is 14.3 Å². The fourth-order valence-corrected chi connectivity index (χ4v) is 6.41. The summed E-state index contributed by atoms with van der Waals surface area (Å²) in [4.78, 5) is 44.4. The fraction of sp³-hybridized carbons (Fsp3) is 0.500. The highest BCUT2D eigenvalue weighted by Gasteiger charge is 2.54. The molecule has 11 nitrogen and oxygen atoms in total. The first kappa shape index (κ1) is 32.2. The van der Waals surface area contributed by atoms with Gasteiger partial charge in [0.2, 0.25) is 11.8 Å². The molecule has 240 valence electrons. The number of fused-ring (bicyclic) bond motifs is 1. The van der Waals surface area contributed by atoms with E-state index in [4.69, 9.17) is 4.74 Å². The highest BCUT2D eigenvalue weighted by Crippen LogP contribution is 2.38. The molecule has 0 radical (unpaired) electrons. The maximum Gasteiger partial charge on any atom is 0.410 e. The number of aromatic nitrogens is 3. The number of amides is 3. The van der Waals surface area contributed by atoms with E-state index in [9.17, 15) is 14.4 Å². The Labute approximate surface area is 265 Å². The number of benzene rings is 2. The van der Waals surface area contributed by atoms with Crippen LogP contribution in [0.5, 0.6) is 0 Å². The van der Waals surface area contributed by atoms with Crippen LogP contribution in [0, 0.1) is 11.3 Å². The SMILES string of the molecule is CNC(C)C(=O)NC(C(=O)N1CCC2C1C(Cn1cc(Cc3ccccc3)nn1)CN2C(=O)OCc1ccccc1)C(C)(C)C. The summed E-state index contributed by atoms with van der Waals surface area (Å²) in [5.41, 5.74) is 2.38. The number of nitrogens with zero attached hydrogens (tertiary/aromatic N) is 5. The number of rotatable bonds is 10. The van der Waals surface area contributed by atoms with Gasteiger partial charge in [0.15, 0.2) is 0 Å². The van der Waals surface area contributed by atoms with Crippen LogP contribution >= 0.6 is 0 Å². The Kier molecular flexibility index (Phi) is 9.86. The van der Waals surface area contributed by atoms with E-state index in [1.54, 1.807) is 18.9 Å². The monoisotopic (exact) mass is 615 g/mol. The maximum atomic E-state index is 14.3. The molecular weight excluding hydrogens is 570 g/mol. The summed E-state index contributed by atoms with van der Waals surface area (Å²) in [5.74, 6) is -0.478. The summed E-state index contributed by atoms with van der Waals surface area (Å²) in [6.07, 6.45) is 2.84. The lowest BCUT2D eigenvalue weighted by atomic mass is 9.85. The molecule has 2 aliphatic rings. The Hall–Kier alpha value is -4.25. The van der Waals surface area contributed by atoms with Gasteiger partial charge < -0.3 is 25.2 Å². The van der Waals surface area contributed by atoms with Crippen LogP contribution in [0.4, 0.5) is 4.79 Å². The van der Waals surface area contributed by atoms with Crippen LogP contribution in [0.1, 0.15) is 50.9 Å². The first-order valence-electron chi connectivity index (χ1n) is 15.7. The number of likely N-dealkylation sites (N-methyl/N-ethyl adjacent to an activating group) is 1. The van der Waals surface area contributed by atoms with Gasteiger partial charge in [-0.15, -0.1) is 5.10 Å². The number of carbonyl (C=O) groups is 3. The van der Waals surface area contributed by atoms with Gasteiger partial charge >= 0.3 is 6.09 Å². The highest BCUT2D eigenvalue weighted by molar-refractivity contribution is 5.90. The van der Waals surface area contributed by atoms with Crippen LogP contribution in [0.15, 0.2) is 66.9 Å². The minimum atomic E-state index is -0.733. The highest BCUT2D eigenvalue weighted by atomic mass is 16.6. The van der Waals surface area contributed by atoms with Gasteiger partial charge in [0.05, 0.1) is 23.8 Å². The molecule has 3 amide bonds. The van der Waals surface area contributed by atoms with Crippen molar-refractivity contribution in [3.63, 3.8) is 0 Å². The Morgan fingerprint density at radius 3 is 2.31 bits per heavy atom. The van der Waals surface area contributed by atoms with Crippen molar-refractivity contribution < 1.29 is 19.1 Å². The lowest BCUT2D eigenvalue weighted by Crippen LogP contribution is -2.59. The van der Waals surface area contributed by atoms with Crippen molar-refractivity contribution in [2.45, 2.75) is 77.9 Å². The molecule has 2 saturated heterocycles. The predicted molar refractivity (Wildman–Crippen MR) is 170 cm³/mol. The minimum absolute atomic E-state index is 0.107. The number of ether oxygens (including phenoxy) is 1. The summed E-state index contributed by atoms with van der Waals surface area (Å²) >= 11 is 0. The second-order valence-electron chi connectivity index (χ2n) is 13.2. The van der Waals surface area contributed by atoms with E-state index in [1.165, 1.54) is 0 Å². The van der Waals surface area contributed by atoms with Crippen LogP contribution in [0.25, 0.3) is 0 Å². The second-order valence-corrected chi connectivity index (χ2v) is 13.2. The Morgan fingerprint density at radius 1 is 1.00 bits per heavy atom. The predicted octanol–water partition coefficient (Wildman–Crippen LogP) is 3.25. The number of likely N-dealkylation sites (tertiary alicyclic amines) is 2. The van der Waals surface area contributed by atoms with Crippen LogP contribution in [0.2, 0.25) is 0 Å². The Balaban J connectivity index is 1.37. The van der Waals surface area contributed by atoms with Crippen molar-refractivity contribution in [1.29, 1.82) is 0 Å². The first-order chi connectivity index (χ1) is 21.5. The third-order valence-electron chi connectivity index (χ3n) is 8.92. The van der Waals surface area contributed by atoms with E-state index in [-0.39, 0.29) is 36.4 Å². The van der Waals surface area contributed by atoms with E-state index >= 15 is 0 Å². The molecule has 5 atom stereocenters. The molecule has 45 heavy (non-hydrogen) atoms. The van der Waals surface area contributed by atoms with Crippen LogP contribution < -0.4 is 10.6 Å². The number of hydrogen-bond donors (Lipinski definition) is 2. The van der Waals surface area contributed by atoms with E-state index in [1.807, 2.05) is 85.1 Å². The molecule has 0 bridgehead atoms. The standard InChI is InChI=1S/C34H45N7O4/c1-23(35-5)31(42)36-30(34(2,3)4)32(43)40-17-16-28-29(40)26(20-41(28)33(44)45-22-25-14-10-7-11-15-25)19-39-21-27(37-38-39)18-24-12-8-6-9-13-24/h6-15,21,23,26,28-30,35H,16-20,22H2,1-5H3,(H,36,42). The summed E-state index contributed by atoms with van der Waals surface area (Å²) in [7, 11) is 1.72. The number of hydrogen-bond acceptors (Lipinski definition) is 7. The summed E-state index contributed by atoms with van der Waals surface area (Å²) in [6.45, 7) is 9.19. The molecule has 0 spiro atoms. The van der Waals surface area contributed by atoms with Crippen LogP contribution in [-0.2, 0) is 33.9 Å². The fourth-order valence-electron chi connectivity index (χ4n) is 6.41. The Bertz CT molecular complexity index is 1460. The molecule has 3 aromatic rings. The lowest BCUT2D eigenvalue weighted by Gasteiger charge is -2.37. The second kappa shape index (κ2) is 13.8. The van der Waals surface area contributed by atoms with E-state index < -0.39 is 23.6 Å². The van der Waals surface area contributed by atoms with Gasteiger partial charge in [-0.05, 0) is 36.9 Å². The van der Waals surface area contributed by atoms with Crippen molar-refractivity contribution in [3.05, 3.63) is 83.7 Å². The first-order valence-corrected chi connectivity index (χ1v) is 15.7. The average Bonchev–Trinajstić information content (AvgIpc) is 3.75. The topological polar surface area (TPSA) is 122 Å². The van der Waals surface area contributed by atoms with E-state index in [0.717, 1.165) is 16.8 Å². The molecule has 3 heterocycles. The molecular formula is C34H45N7O4. The lowest BCUT2D eigenvalue weighted by molar-refractivity contribution is -0.141. The molecule has 0 aliphatic carbocycles. The number of carbonyl (C=O) groups excluding carboxylic acids is 3.